The third-order valence-electron chi connectivity index (χ3n) is 15.3. The van der Waals surface area contributed by atoms with Crippen molar-refractivity contribution in [2.45, 2.75) is 121 Å². The van der Waals surface area contributed by atoms with E-state index in [0.717, 1.165) is 0 Å². The highest BCUT2D eigenvalue weighted by Crippen LogP contribution is 2.16. The summed E-state index contributed by atoms with van der Waals surface area (Å²) in [4.78, 5) is 181. The van der Waals surface area contributed by atoms with Crippen LogP contribution in [-0.4, -0.2) is 205 Å². The molecule has 6 amide bonds. The molecule has 0 aliphatic rings. The Labute approximate surface area is 584 Å². The summed E-state index contributed by atoms with van der Waals surface area (Å²) in [5.41, 5.74) is 14.9. The summed E-state index contributed by atoms with van der Waals surface area (Å²) in [6, 6.07) is 9.66. The zero-order valence-corrected chi connectivity index (χ0v) is 56.3. The fourth-order valence-electron chi connectivity index (χ4n) is 9.80. The first-order valence-corrected chi connectivity index (χ1v) is 33.2. The number of fused-ring (bicyclic) bond motifs is 2. The Morgan fingerprint density at radius 2 is 0.873 bits per heavy atom. The number of hydrogen-bond acceptors (Lipinski definition) is 27. The van der Waals surface area contributed by atoms with Gasteiger partial charge in [-0.3, -0.25) is 63.3 Å². The highest BCUT2D eigenvalue weighted by molar-refractivity contribution is 5.98. The smallest absolute Gasteiger partial charge is 0.326 e. The van der Waals surface area contributed by atoms with Crippen LogP contribution in [0.1, 0.15) is 128 Å². The zero-order chi connectivity index (χ0) is 73.6. The number of Topliss-reactive ketones (excluding diaryl/α,β-unsaturated/α-hetero) is 2. The zero-order valence-electron chi connectivity index (χ0n) is 56.3. The van der Waals surface area contributed by atoms with E-state index in [1.54, 1.807) is 24.3 Å². The molecule has 37 heteroatoms. The van der Waals surface area contributed by atoms with Crippen LogP contribution >= 0.6 is 0 Å². The highest BCUT2D eigenvalue weighted by atomic mass is 16.5. The Morgan fingerprint density at radius 1 is 0.471 bits per heavy atom. The minimum absolute atomic E-state index is 0.0329. The second kappa shape index (κ2) is 43.5. The number of benzene rings is 2. The number of nitrogens with two attached hydrogens (primary N) is 3. The van der Waals surface area contributed by atoms with Crippen molar-refractivity contribution in [2.75, 3.05) is 101 Å². The third kappa shape index (κ3) is 29.8. The van der Waals surface area contributed by atoms with E-state index in [0.29, 0.717) is 94.8 Å². The lowest BCUT2D eigenvalue weighted by Gasteiger charge is -2.22. The van der Waals surface area contributed by atoms with Crippen LogP contribution in [0.25, 0.3) is 22.3 Å². The number of ketones is 2. The van der Waals surface area contributed by atoms with Crippen LogP contribution in [0.5, 0.6) is 0 Å². The Bertz CT molecular complexity index is 3700. The maximum atomic E-state index is 13.0. The van der Waals surface area contributed by atoms with Gasteiger partial charge in [-0.15, -0.1) is 0 Å². The van der Waals surface area contributed by atoms with Crippen LogP contribution in [0, 0.1) is 0 Å². The van der Waals surface area contributed by atoms with Gasteiger partial charge in [0.05, 0.1) is 63.3 Å². The van der Waals surface area contributed by atoms with Gasteiger partial charge in [0.2, 0.25) is 35.5 Å². The molecular formula is C65H88N20O17. The van der Waals surface area contributed by atoms with Crippen LogP contribution in [0.15, 0.2) is 70.5 Å². The summed E-state index contributed by atoms with van der Waals surface area (Å²) < 4.78 is 16.9. The van der Waals surface area contributed by atoms with Crippen LogP contribution in [0.2, 0.25) is 0 Å². The number of aliphatic carboxylic acids is 2. The summed E-state index contributed by atoms with van der Waals surface area (Å²) in [7, 11) is 0. The van der Waals surface area contributed by atoms with Crippen molar-refractivity contribution in [3.8, 4) is 0 Å². The molecule has 0 saturated carbocycles. The number of aromatic nitrogens is 8. The van der Waals surface area contributed by atoms with Gasteiger partial charge in [-0.05, 0) is 93.5 Å². The van der Waals surface area contributed by atoms with E-state index in [-0.39, 0.29) is 197 Å². The number of carboxylic acid groups (broad SMARTS) is 2. The molecule has 0 bridgehead atoms. The molecule has 0 fully saturated rings. The molecule has 102 heavy (non-hydrogen) atoms. The van der Waals surface area contributed by atoms with Crippen molar-refractivity contribution in [2.24, 2.45) is 5.84 Å². The van der Waals surface area contributed by atoms with E-state index >= 15 is 0 Å². The lowest BCUT2D eigenvalue weighted by molar-refractivity contribution is -0.140. The highest BCUT2D eigenvalue weighted by Gasteiger charge is 2.24. The SMILES string of the molecule is NNC(=O)CCCC(=O)NCCCOCCOCCOCCCN(CCC(=O)NCCCC(=O)CCC(NC(=O)c1ccc(NCc2cnc3c(=O)[nH]c(N)nc3n2)cc1)C(=O)O)CCC(=O)NCCCC(=O)CCC(NC(=O)c1ccc(NCc2cnc3c(=O)[nH]c(N)nc3n2)cc1)C(=O)O. The normalized spacial score (nSPS) is 11.7. The van der Waals surface area contributed by atoms with Gasteiger partial charge in [-0.25, -0.2) is 35.4 Å². The second-order valence-electron chi connectivity index (χ2n) is 23.3. The first-order valence-electron chi connectivity index (χ1n) is 33.2. The number of H-pyrrole nitrogens is 2. The molecule has 550 valence electrons. The van der Waals surface area contributed by atoms with Gasteiger partial charge in [0.15, 0.2) is 22.3 Å². The quantitative estimate of drug-likeness (QED) is 0.0102. The van der Waals surface area contributed by atoms with Crippen molar-refractivity contribution in [1.29, 1.82) is 0 Å². The molecule has 4 heterocycles. The Kier molecular flexibility index (Phi) is 34.1. The number of nitrogen functional groups attached to an aromatic ring is 2. The molecule has 4 aromatic heterocycles. The minimum atomic E-state index is -1.36. The van der Waals surface area contributed by atoms with Crippen LogP contribution in [0.3, 0.4) is 0 Å². The Balaban J connectivity index is 0.860. The molecule has 0 aliphatic heterocycles. The van der Waals surface area contributed by atoms with Gasteiger partial charge >= 0.3 is 11.9 Å². The van der Waals surface area contributed by atoms with Crippen LogP contribution in [-0.2, 0) is 65.7 Å². The molecule has 0 saturated heterocycles. The summed E-state index contributed by atoms with van der Waals surface area (Å²) in [5.74, 6) is -0.767. The number of aromatic amines is 2. The van der Waals surface area contributed by atoms with E-state index in [9.17, 15) is 67.7 Å². The number of hydrogen-bond donors (Lipinski definition) is 15. The number of amides is 6. The molecule has 2 atom stereocenters. The number of nitrogens with zero attached hydrogens (tertiary/aromatic N) is 7. The predicted molar refractivity (Wildman–Crippen MR) is 370 cm³/mol. The Morgan fingerprint density at radius 3 is 1.30 bits per heavy atom. The molecule has 6 rings (SSSR count). The lowest BCUT2D eigenvalue weighted by Crippen LogP contribution is -2.41. The van der Waals surface area contributed by atoms with Gasteiger partial charge in [0.25, 0.3) is 22.9 Å². The van der Waals surface area contributed by atoms with Crippen molar-refractivity contribution < 1.29 is 72.4 Å². The van der Waals surface area contributed by atoms with Gasteiger partial charge in [-0.1, -0.05) is 0 Å². The van der Waals surface area contributed by atoms with Crippen molar-refractivity contribution in [1.82, 2.24) is 76.8 Å². The predicted octanol–water partition coefficient (Wildman–Crippen LogP) is -0.126. The minimum Gasteiger partial charge on any atom is -0.480 e. The number of hydrazine groups is 1. The van der Waals surface area contributed by atoms with E-state index in [1.807, 2.05) is 10.3 Å². The lowest BCUT2D eigenvalue weighted by atomic mass is 10.1. The molecular weight excluding hydrogens is 1330 g/mol. The summed E-state index contributed by atoms with van der Waals surface area (Å²) in [5, 5.41) is 39.3. The molecule has 2 aromatic carbocycles. The van der Waals surface area contributed by atoms with Gasteiger partial charge in [0.1, 0.15) is 23.7 Å². The standard InChI is InChI=1S/C65H88N20O17/c66-64-80-56-54(60(94)82-64)74-38-44(76-56)36-72-42-14-10-40(11-15-42)58(92)78-48(62(96)97)20-18-46(86)6-2-24-69-51(89)22-28-85(27-5-31-101-33-35-102-34-32-100-30-4-26-71-50(88)8-1-9-53(91)84-68)29-23-52(90)70-25-3-7-47(87)19-21-49(63(98)99)79-59(93)41-12-16-43(17-13-41)73-37-45-39-75-55-57(77-45)81-65(67)83-61(55)95/h10-17,38-39,48-49,72-73H,1-9,18-37,68H2,(H,69,89)(H,70,90)(H,71,88)(H,78,92)(H,79,93)(H,84,91)(H,96,97)(H,98,99)(H3,66,76,80,82,94)(H3,67,77,81,83,95). The molecule has 18 N–H and O–H groups in total. The number of nitrogens with one attached hydrogen (secondary N) is 10. The molecule has 0 aliphatic carbocycles. The second-order valence-corrected chi connectivity index (χ2v) is 23.3. The maximum absolute atomic E-state index is 13.0. The summed E-state index contributed by atoms with van der Waals surface area (Å²) in [6.07, 6.45) is 4.85. The van der Waals surface area contributed by atoms with E-state index in [1.165, 1.54) is 36.7 Å². The van der Waals surface area contributed by atoms with E-state index in [4.69, 9.17) is 31.5 Å². The Hall–Kier alpha value is -11.0. The number of carbonyl (C=O) groups excluding carboxylic acids is 8. The maximum Gasteiger partial charge on any atom is 0.326 e. The van der Waals surface area contributed by atoms with E-state index < -0.39 is 47.0 Å². The van der Waals surface area contributed by atoms with Crippen molar-refractivity contribution in [3.63, 3.8) is 0 Å². The fraction of sp³-hybridized carbons (Fsp3) is 0.477. The number of rotatable bonds is 50. The molecule has 37 nitrogen and oxygen atoms in total. The molecule has 0 spiro atoms. The topological polar surface area (TPSA) is 559 Å². The first-order chi connectivity index (χ1) is 49.1. The van der Waals surface area contributed by atoms with Gasteiger partial charge < -0.3 is 78.0 Å². The third-order valence-corrected chi connectivity index (χ3v) is 15.3. The number of ether oxygens (including phenoxy) is 3. The monoisotopic (exact) mass is 1420 g/mol. The van der Waals surface area contributed by atoms with Gasteiger partial charge in [-0.2, -0.15) is 9.97 Å². The molecule has 0 radical (unpaired) electrons. The summed E-state index contributed by atoms with van der Waals surface area (Å²) >= 11 is 0. The van der Waals surface area contributed by atoms with Gasteiger partial charge in [0, 0.05) is 126 Å². The summed E-state index contributed by atoms with van der Waals surface area (Å²) in [6.45, 7) is 4.18. The number of carboxylic acids is 2. The molecule has 6 aromatic rings. The van der Waals surface area contributed by atoms with Crippen molar-refractivity contribution in [3.05, 3.63) is 104 Å². The molecule has 2 unspecified atom stereocenters. The average molecular weight is 1420 g/mol. The first kappa shape index (κ1) is 80.0. The average Bonchev–Trinajstić information content (AvgIpc) is 0.818. The van der Waals surface area contributed by atoms with Crippen LogP contribution in [0.4, 0.5) is 23.3 Å². The number of carbonyl (C=O) groups is 10. The van der Waals surface area contributed by atoms with E-state index in [2.05, 4.69) is 77.1 Å². The van der Waals surface area contributed by atoms with Crippen LogP contribution < -0.4 is 71.1 Å². The largest absolute Gasteiger partial charge is 0.480 e. The van der Waals surface area contributed by atoms with Crippen molar-refractivity contribution >= 4 is 105 Å². The fourth-order valence-corrected chi connectivity index (χ4v) is 9.80. The number of anilines is 4.